The topological polar surface area (TPSA) is 108 Å². The smallest absolute Gasteiger partial charge is 0.311 e. The van der Waals surface area contributed by atoms with Gasteiger partial charge in [0.05, 0.1) is 30.3 Å². The first kappa shape index (κ1) is 13.7. The molecule has 0 saturated heterocycles. The number of ether oxygens (including phenoxy) is 1. The highest BCUT2D eigenvalue weighted by Gasteiger charge is 2.30. The van der Waals surface area contributed by atoms with Gasteiger partial charge in [0.25, 0.3) is 6.43 Å². The van der Waals surface area contributed by atoms with E-state index >= 15 is 0 Å². The van der Waals surface area contributed by atoms with Crippen LogP contribution in [0.1, 0.15) is 17.7 Å². The van der Waals surface area contributed by atoms with Crippen LogP contribution in [0.15, 0.2) is 6.20 Å². The van der Waals surface area contributed by atoms with E-state index in [9.17, 15) is 23.7 Å². The van der Waals surface area contributed by atoms with Crippen LogP contribution in [0.3, 0.4) is 0 Å². The number of hydrogen-bond acceptors (Lipinski definition) is 6. The molecule has 1 rings (SSSR count). The first-order valence-electron chi connectivity index (χ1n) is 4.65. The van der Waals surface area contributed by atoms with Crippen molar-refractivity contribution in [2.24, 2.45) is 0 Å². The minimum absolute atomic E-state index is 0.419. The molecule has 1 aromatic heterocycles. The fraction of sp³-hybridized carbons (Fsp3) is 0.333. The molecule has 2 N–H and O–H groups in total. The number of nitrogens with zero attached hydrogens (tertiary/aromatic N) is 2. The highest BCUT2D eigenvalue weighted by atomic mass is 19.3. The average Bonchev–Trinajstić information content (AvgIpc) is 2.29. The predicted molar refractivity (Wildman–Crippen MR) is 56.0 cm³/mol. The summed E-state index contributed by atoms with van der Waals surface area (Å²) in [5, 5.41) is 10.7. The van der Waals surface area contributed by atoms with Gasteiger partial charge < -0.3 is 10.5 Å². The van der Waals surface area contributed by atoms with Gasteiger partial charge in [-0.3, -0.25) is 19.9 Å². The van der Waals surface area contributed by atoms with Crippen molar-refractivity contribution in [3.63, 3.8) is 0 Å². The molecule has 1 aromatic rings. The summed E-state index contributed by atoms with van der Waals surface area (Å²) in [6, 6.07) is 0. The molecule has 0 aliphatic rings. The third-order valence-electron chi connectivity index (χ3n) is 2.14. The Labute approximate surface area is 99.7 Å². The Kier molecular flexibility index (Phi) is 4.08. The number of pyridine rings is 1. The summed E-state index contributed by atoms with van der Waals surface area (Å²) in [5.74, 6) is -0.830. The molecule has 18 heavy (non-hydrogen) atoms. The van der Waals surface area contributed by atoms with Gasteiger partial charge in [0.15, 0.2) is 0 Å². The van der Waals surface area contributed by atoms with Crippen molar-refractivity contribution in [3.8, 4) is 0 Å². The van der Waals surface area contributed by atoms with Gasteiger partial charge >= 0.3 is 11.7 Å². The summed E-state index contributed by atoms with van der Waals surface area (Å²) in [6.45, 7) is 0. The fourth-order valence-corrected chi connectivity index (χ4v) is 1.35. The van der Waals surface area contributed by atoms with E-state index in [1.165, 1.54) is 0 Å². The van der Waals surface area contributed by atoms with Crippen LogP contribution in [0, 0.1) is 10.1 Å². The molecule has 1 heterocycles. The van der Waals surface area contributed by atoms with Crippen molar-refractivity contribution < 1.29 is 23.2 Å². The predicted octanol–water partition coefficient (Wildman–Crippen LogP) is 1.23. The Bertz CT molecular complexity index is 493. The lowest BCUT2D eigenvalue weighted by atomic mass is 10.1. The van der Waals surface area contributed by atoms with Crippen LogP contribution in [0.4, 0.5) is 20.2 Å². The number of esters is 1. The number of nitrogen functional groups attached to an aromatic ring is 1. The quantitative estimate of drug-likeness (QED) is 0.496. The van der Waals surface area contributed by atoms with Crippen LogP contribution >= 0.6 is 0 Å². The Morgan fingerprint density at radius 2 is 2.28 bits per heavy atom. The highest BCUT2D eigenvalue weighted by Crippen LogP contribution is 2.35. The third kappa shape index (κ3) is 2.67. The largest absolute Gasteiger partial charge is 0.469 e. The minimum atomic E-state index is -3.17. The van der Waals surface area contributed by atoms with Crippen LogP contribution in [-0.2, 0) is 16.0 Å². The number of aromatic nitrogens is 1. The first-order valence-corrected chi connectivity index (χ1v) is 4.65. The van der Waals surface area contributed by atoms with Crippen LogP contribution in [-0.4, -0.2) is 23.0 Å². The number of nitro groups is 1. The zero-order chi connectivity index (χ0) is 13.9. The van der Waals surface area contributed by atoms with Gasteiger partial charge in [-0.15, -0.1) is 0 Å². The lowest BCUT2D eigenvalue weighted by Crippen LogP contribution is -2.12. The fourth-order valence-electron chi connectivity index (χ4n) is 1.35. The molecule has 0 fully saturated rings. The zero-order valence-corrected chi connectivity index (χ0v) is 9.22. The molecule has 0 bridgehead atoms. The van der Waals surface area contributed by atoms with E-state index in [0.29, 0.717) is 0 Å². The first-order chi connectivity index (χ1) is 8.38. The van der Waals surface area contributed by atoms with Gasteiger partial charge in [0.2, 0.25) is 0 Å². The van der Waals surface area contributed by atoms with E-state index in [1.807, 2.05) is 0 Å². The molecule has 0 amide bonds. The number of rotatable bonds is 4. The molecule has 0 aliphatic heterocycles. The molecule has 7 nitrogen and oxygen atoms in total. The number of hydrogen-bond donors (Lipinski definition) is 1. The Morgan fingerprint density at radius 1 is 1.67 bits per heavy atom. The molecule has 0 saturated carbocycles. The van der Waals surface area contributed by atoms with E-state index in [-0.39, 0.29) is 0 Å². The number of nitrogens with two attached hydrogens (primary N) is 1. The Balaban J connectivity index is 3.39. The molecule has 0 radical (unpaired) electrons. The average molecular weight is 261 g/mol. The lowest BCUT2D eigenvalue weighted by molar-refractivity contribution is -0.385. The Hall–Kier alpha value is -2.32. The van der Waals surface area contributed by atoms with Gasteiger partial charge in [-0.1, -0.05) is 0 Å². The normalized spacial score (nSPS) is 10.4. The van der Waals surface area contributed by atoms with Crippen LogP contribution in [0.5, 0.6) is 0 Å². The summed E-state index contributed by atoms with van der Waals surface area (Å²) in [7, 11) is 1.07. The van der Waals surface area contributed by atoms with Crippen molar-refractivity contribution in [1.82, 2.24) is 4.98 Å². The van der Waals surface area contributed by atoms with Crippen LogP contribution in [0.25, 0.3) is 0 Å². The maximum absolute atomic E-state index is 12.8. The van der Waals surface area contributed by atoms with Gasteiger partial charge in [-0.05, 0) is 0 Å². The molecular weight excluding hydrogens is 252 g/mol. The molecule has 0 unspecified atom stereocenters. The number of anilines is 1. The van der Waals surface area contributed by atoms with Gasteiger partial charge in [-0.25, -0.2) is 8.78 Å². The summed E-state index contributed by atoms with van der Waals surface area (Å²) in [4.78, 5) is 24.2. The van der Waals surface area contributed by atoms with E-state index in [0.717, 1.165) is 13.3 Å². The van der Waals surface area contributed by atoms with E-state index in [4.69, 9.17) is 5.73 Å². The Morgan fingerprint density at radius 3 is 2.72 bits per heavy atom. The second-order valence-corrected chi connectivity index (χ2v) is 3.23. The molecule has 9 heteroatoms. The van der Waals surface area contributed by atoms with Crippen molar-refractivity contribution in [1.29, 1.82) is 0 Å². The van der Waals surface area contributed by atoms with Gasteiger partial charge in [0, 0.05) is 0 Å². The SMILES string of the molecule is COC(=O)Cc1ncc(N)c([N+](=O)[O-])c1C(F)F. The maximum atomic E-state index is 12.8. The standard InChI is InChI=1S/C9H9F2N3O4/c1-18-6(15)2-5-7(9(10)11)8(14(16)17)4(12)3-13-5/h3,9H,2,12H2,1H3. The molecule has 0 spiro atoms. The summed E-state index contributed by atoms with van der Waals surface area (Å²) >= 11 is 0. The van der Waals surface area contributed by atoms with Gasteiger partial charge in [-0.2, -0.15) is 0 Å². The zero-order valence-electron chi connectivity index (χ0n) is 9.22. The van der Waals surface area contributed by atoms with E-state index < -0.39 is 46.4 Å². The molecule has 0 aliphatic carbocycles. The highest BCUT2D eigenvalue weighted by molar-refractivity contribution is 5.74. The second kappa shape index (κ2) is 5.34. The van der Waals surface area contributed by atoms with Crippen LogP contribution < -0.4 is 5.73 Å². The van der Waals surface area contributed by atoms with Crippen molar-refractivity contribution in [2.45, 2.75) is 12.8 Å². The van der Waals surface area contributed by atoms with Crippen molar-refractivity contribution in [3.05, 3.63) is 27.6 Å². The molecular formula is C9H9F2N3O4. The number of methoxy groups -OCH3 is 1. The maximum Gasteiger partial charge on any atom is 0.311 e. The number of alkyl halides is 2. The number of carbonyl (C=O) groups excluding carboxylic acids is 1. The van der Waals surface area contributed by atoms with Gasteiger partial charge in [0.1, 0.15) is 11.3 Å². The van der Waals surface area contributed by atoms with Crippen LogP contribution in [0.2, 0.25) is 0 Å². The lowest BCUT2D eigenvalue weighted by Gasteiger charge is -2.09. The van der Waals surface area contributed by atoms with E-state index in [2.05, 4.69) is 9.72 Å². The minimum Gasteiger partial charge on any atom is -0.469 e. The molecule has 0 atom stereocenters. The summed E-state index contributed by atoms with van der Waals surface area (Å²) in [5.41, 5.74) is 2.45. The molecule has 98 valence electrons. The molecule has 0 aromatic carbocycles. The van der Waals surface area contributed by atoms with Crippen molar-refractivity contribution in [2.75, 3.05) is 12.8 Å². The third-order valence-corrected chi connectivity index (χ3v) is 2.14. The second-order valence-electron chi connectivity index (χ2n) is 3.23. The van der Waals surface area contributed by atoms with E-state index in [1.54, 1.807) is 0 Å². The monoisotopic (exact) mass is 261 g/mol. The van der Waals surface area contributed by atoms with Crippen molar-refractivity contribution >= 4 is 17.3 Å². The number of halogens is 2. The summed E-state index contributed by atoms with van der Waals surface area (Å²) < 4.78 is 30.0. The number of carbonyl (C=O) groups is 1. The summed E-state index contributed by atoms with van der Waals surface area (Å²) in [6.07, 6.45) is -2.89.